The van der Waals surface area contributed by atoms with Gasteiger partial charge in [0.2, 0.25) is 0 Å². The van der Waals surface area contributed by atoms with Crippen molar-refractivity contribution < 1.29 is 0 Å². The van der Waals surface area contributed by atoms with Crippen molar-refractivity contribution in [3.63, 3.8) is 0 Å². The predicted octanol–water partition coefficient (Wildman–Crippen LogP) is 8.89. The van der Waals surface area contributed by atoms with Crippen LogP contribution >= 0.6 is 0 Å². The lowest BCUT2D eigenvalue weighted by molar-refractivity contribution is 0.395. The van der Waals surface area contributed by atoms with Crippen molar-refractivity contribution in [2.24, 2.45) is 0 Å². The van der Waals surface area contributed by atoms with Crippen LogP contribution < -0.4 is 0 Å². The van der Waals surface area contributed by atoms with E-state index in [0.29, 0.717) is 5.41 Å². The minimum absolute atomic E-state index is 0.286. The van der Waals surface area contributed by atoms with Crippen molar-refractivity contribution >= 4 is 0 Å². The lowest BCUT2D eigenvalue weighted by atomic mass is 9.74. The predicted molar refractivity (Wildman–Crippen MR) is 128 cm³/mol. The third-order valence-corrected chi connectivity index (χ3v) is 8.41. The Hall–Kier alpha value is -1.56. The molecule has 0 saturated heterocycles. The standard InChI is InChI=1S/C29H42/c1-7-28(4,5)26-18-14-24(15-19-26)22-10-12-23(13-11-22)25-16-20-27(21-17-25)29(6,8-2)9-3/h14-23H,7-13H2,1-6H3. The van der Waals surface area contributed by atoms with E-state index >= 15 is 0 Å². The van der Waals surface area contributed by atoms with E-state index in [2.05, 4.69) is 90.1 Å². The van der Waals surface area contributed by atoms with Gasteiger partial charge in [-0.3, -0.25) is 0 Å². The summed E-state index contributed by atoms with van der Waals surface area (Å²) in [5.74, 6) is 1.49. The van der Waals surface area contributed by atoms with E-state index < -0.39 is 0 Å². The molecule has 3 rings (SSSR count). The van der Waals surface area contributed by atoms with Gasteiger partial charge < -0.3 is 0 Å². The first-order valence-electron chi connectivity index (χ1n) is 12.0. The third-order valence-electron chi connectivity index (χ3n) is 8.41. The Balaban J connectivity index is 1.62. The summed E-state index contributed by atoms with van der Waals surface area (Å²) in [7, 11) is 0. The van der Waals surface area contributed by atoms with Crippen LogP contribution in [-0.4, -0.2) is 0 Å². The summed E-state index contributed by atoms with van der Waals surface area (Å²) in [6, 6.07) is 19.2. The molecular weight excluding hydrogens is 348 g/mol. The van der Waals surface area contributed by atoms with E-state index in [1.165, 1.54) is 56.1 Å². The number of rotatable bonds is 7. The summed E-state index contributed by atoms with van der Waals surface area (Å²) in [4.78, 5) is 0. The van der Waals surface area contributed by atoms with Gasteiger partial charge in [0.15, 0.2) is 0 Å². The first-order valence-corrected chi connectivity index (χ1v) is 12.0. The van der Waals surface area contributed by atoms with Crippen molar-refractivity contribution in [2.75, 3.05) is 0 Å². The van der Waals surface area contributed by atoms with E-state index in [-0.39, 0.29) is 5.41 Å². The zero-order valence-electron chi connectivity index (χ0n) is 19.7. The molecule has 0 amide bonds. The Morgan fingerprint density at radius 1 is 0.586 bits per heavy atom. The highest BCUT2D eigenvalue weighted by Gasteiger charge is 2.26. The van der Waals surface area contributed by atoms with Gasteiger partial charge in [0, 0.05) is 0 Å². The number of hydrogen-bond donors (Lipinski definition) is 0. The van der Waals surface area contributed by atoms with Crippen LogP contribution in [-0.2, 0) is 10.8 Å². The van der Waals surface area contributed by atoms with E-state index in [4.69, 9.17) is 0 Å². The summed E-state index contributed by atoms with van der Waals surface area (Å²) < 4.78 is 0. The molecule has 2 aromatic carbocycles. The quantitative estimate of drug-likeness (QED) is 0.442. The molecule has 0 aliphatic heterocycles. The molecule has 0 radical (unpaired) electrons. The van der Waals surface area contributed by atoms with Crippen molar-refractivity contribution in [1.82, 2.24) is 0 Å². The van der Waals surface area contributed by atoms with Gasteiger partial charge in [-0.25, -0.2) is 0 Å². The average molecular weight is 391 g/mol. The Kier molecular flexibility index (Phi) is 6.92. The molecule has 0 unspecified atom stereocenters. The fraction of sp³-hybridized carbons (Fsp3) is 0.586. The second-order valence-corrected chi connectivity index (χ2v) is 10.3. The monoisotopic (exact) mass is 390 g/mol. The van der Waals surface area contributed by atoms with E-state index in [0.717, 1.165) is 11.8 Å². The molecule has 158 valence electrons. The third kappa shape index (κ3) is 4.79. The fourth-order valence-electron chi connectivity index (χ4n) is 4.99. The average Bonchev–Trinajstić information content (AvgIpc) is 2.79. The van der Waals surface area contributed by atoms with Crippen molar-refractivity contribution in [3.05, 3.63) is 70.8 Å². The van der Waals surface area contributed by atoms with Crippen LogP contribution in [0.5, 0.6) is 0 Å². The molecule has 1 aliphatic carbocycles. The highest BCUT2D eigenvalue weighted by atomic mass is 14.3. The van der Waals surface area contributed by atoms with E-state index in [1.54, 1.807) is 11.1 Å². The molecule has 2 aromatic rings. The molecule has 1 fully saturated rings. The second-order valence-electron chi connectivity index (χ2n) is 10.3. The Morgan fingerprint density at radius 3 is 1.31 bits per heavy atom. The molecular formula is C29H42. The van der Waals surface area contributed by atoms with Crippen LogP contribution in [0.25, 0.3) is 0 Å². The minimum Gasteiger partial charge on any atom is -0.0646 e. The van der Waals surface area contributed by atoms with Gasteiger partial charge >= 0.3 is 0 Å². The molecule has 0 heterocycles. The molecule has 0 nitrogen and oxygen atoms in total. The summed E-state index contributed by atoms with van der Waals surface area (Å²) in [5, 5.41) is 0. The molecule has 0 aromatic heterocycles. The van der Waals surface area contributed by atoms with Gasteiger partial charge in [-0.2, -0.15) is 0 Å². The van der Waals surface area contributed by atoms with Gasteiger partial charge in [-0.1, -0.05) is 90.1 Å². The van der Waals surface area contributed by atoms with Gasteiger partial charge in [-0.05, 0) is 89.9 Å². The molecule has 0 atom stereocenters. The molecule has 29 heavy (non-hydrogen) atoms. The highest BCUT2D eigenvalue weighted by molar-refractivity contribution is 5.32. The number of benzene rings is 2. The first-order chi connectivity index (χ1) is 13.8. The van der Waals surface area contributed by atoms with Gasteiger partial charge in [0.25, 0.3) is 0 Å². The van der Waals surface area contributed by atoms with Gasteiger partial charge in [0.05, 0.1) is 0 Å². The molecule has 0 spiro atoms. The highest BCUT2D eigenvalue weighted by Crippen LogP contribution is 2.41. The van der Waals surface area contributed by atoms with Crippen LogP contribution in [0.3, 0.4) is 0 Å². The van der Waals surface area contributed by atoms with Crippen LogP contribution in [0.4, 0.5) is 0 Å². The maximum Gasteiger partial charge on any atom is -0.00805 e. The maximum absolute atomic E-state index is 2.42. The fourth-order valence-corrected chi connectivity index (χ4v) is 4.99. The Labute approximate surface area is 180 Å². The maximum atomic E-state index is 2.42. The minimum atomic E-state index is 0.286. The summed E-state index contributed by atoms with van der Waals surface area (Å²) >= 11 is 0. The molecule has 0 N–H and O–H groups in total. The topological polar surface area (TPSA) is 0 Å². The first kappa shape index (κ1) is 22.1. The molecule has 1 aliphatic rings. The summed E-state index contributed by atoms with van der Waals surface area (Å²) in [6.45, 7) is 14.0. The zero-order valence-corrected chi connectivity index (χ0v) is 19.7. The van der Waals surface area contributed by atoms with Gasteiger partial charge in [0.1, 0.15) is 0 Å². The van der Waals surface area contributed by atoms with Crippen molar-refractivity contribution in [2.45, 2.75) is 109 Å². The van der Waals surface area contributed by atoms with E-state index in [9.17, 15) is 0 Å². The number of hydrogen-bond acceptors (Lipinski definition) is 0. The molecule has 1 saturated carbocycles. The lowest BCUT2D eigenvalue weighted by Gasteiger charge is -2.31. The van der Waals surface area contributed by atoms with Crippen LogP contribution in [0.2, 0.25) is 0 Å². The van der Waals surface area contributed by atoms with Crippen molar-refractivity contribution in [1.29, 1.82) is 0 Å². The van der Waals surface area contributed by atoms with Crippen LogP contribution in [0.15, 0.2) is 48.5 Å². The zero-order chi connectivity index (χ0) is 21.1. The molecule has 0 heteroatoms. The van der Waals surface area contributed by atoms with E-state index in [1.807, 2.05) is 0 Å². The summed E-state index contributed by atoms with van der Waals surface area (Å²) in [6.07, 6.45) is 8.90. The molecule has 0 bridgehead atoms. The Bertz CT molecular complexity index is 751. The Morgan fingerprint density at radius 2 is 0.966 bits per heavy atom. The summed E-state index contributed by atoms with van der Waals surface area (Å²) in [5.41, 5.74) is 6.71. The van der Waals surface area contributed by atoms with Crippen LogP contribution in [0, 0.1) is 0 Å². The smallest absolute Gasteiger partial charge is 0.00805 e. The van der Waals surface area contributed by atoms with Crippen LogP contribution in [0.1, 0.15) is 121 Å². The van der Waals surface area contributed by atoms with Gasteiger partial charge in [-0.15, -0.1) is 0 Å². The normalized spacial score (nSPS) is 20.6. The SMILES string of the molecule is CCC(C)(C)c1ccc(C2CCC(c3ccc(C(C)(CC)CC)cc3)CC2)cc1. The second kappa shape index (κ2) is 9.07. The lowest BCUT2D eigenvalue weighted by Crippen LogP contribution is -2.19. The van der Waals surface area contributed by atoms with Crippen molar-refractivity contribution in [3.8, 4) is 0 Å². The largest absolute Gasteiger partial charge is 0.0646 e.